The molecule has 0 bridgehead atoms. The number of hydrogen-bond donors (Lipinski definition) is 2. The van der Waals surface area contributed by atoms with Gasteiger partial charge in [-0.25, -0.2) is 4.79 Å². The number of urea groups is 1. The van der Waals surface area contributed by atoms with Crippen LogP contribution in [0, 0.1) is 11.8 Å². The first kappa shape index (κ1) is 13.6. The van der Waals surface area contributed by atoms with Gasteiger partial charge in [0.15, 0.2) is 0 Å². The van der Waals surface area contributed by atoms with E-state index in [0.717, 1.165) is 12.8 Å². The van der Waals surface area contributed by atoms with Crippen LogP contribution in [0.3, 0.4) is 0 Å². The van der Waals surface area contributed by atoms with Crippen LogP contribution >= 0.6 is 0 Å². The minimum absolute atomic E-state index is 0.0879. The molecule has 3 amide bonds. The zero-order chi connectivity index (χ0) is 14.0. The van der Waals surface area contributed by atoms with Crippen LogP contribution in [-0.4, -0.2) is 59.0 Å². The quantitative estimate of drug-likeness (QED) is 0.734. The summed E-state index contributed by atoms with van der Waals surface area (Å²) in [5.41, 5.74) is 5.16. The Hall–Kier alpha value is -1.79. The number of primary amides is 1. The summed E-state index contributed by atoms with van der Waals surface area (Å²) in [5.74, 6) is -1.29. The van der Waals surface area contributed by atoms with E-state index in [0.29, 0.717) is 32.6 Å². The first-order chi connectivity index (χ1) is 8.97. The molecule has 0 spiro atoms. The van der Waals surface area contributed by atoms with Crippen molar-refractivity contribution in [1.29, 1.82) is 0 Å². The van der Waals surface area contributed by atoms with Gasteiger partial charge < -0.3 is 20.6 Å². The van der Waals surface area contributed by atoms with E-state index < -0.39 is 11.9 Å². The van der Waals surface area contributed by atoms with Crippen LogP contribution in [0.5, 0.6) is 0 Å². The van der Waals surface area contributed by atoms with Crippen molar-refractivity contribution in [3.05, 3.63) is 0 Å². The number of carbonyl (C=O) groups excluding carboxylic acids is 2. The van der Waals surface area contributed by atoms with Gasteiger partial charge in [0.1, 0.15) is 0 Å². The van der Waals surface area contributed by atoms with Crippen LogP contribution in [-0.2, 0) is 9.59 Å². The van der Waals surface area contributed by atoms with Gasteiger partial charge in [0, 0.05) is 32.6 Å². The smallest absolute Gasteiger partial charge is 0.320 e. The summed E-state index contributed by atoms with van der Waals surface area (Å²) in [6.45, 7) is 1.83. The molecular weight excluding hydrogens is 250 g/mol. The second kappa shape index (κ2) is 5.46. The van der Waals surface area contributed by atoms with Crippen molar-refractivity contribution in [2.24, 2.45) is 17.6 Å². The number of nitrogens with two attached hydrogens (primary N) is 1. The van der Waals surface area contributed by atoms with E-state index >= 15 is 0 Å². The van der Waals surface area contributed by atoms with Crippen LogP contribution < -0.4 is 5.73 Å². The van der Waals surface area contributed by atoms with Gasteiger partial charge in [-0.2, -0.15) is 0 Å². The van der Waals surface area contributed by atoms with Gasteiger partial charge in [0.05, 0.1) is 5.92 Å². The van der Waals surface area contributed by atoms with Crippen molar-refractivity contribution in [2.45, 2.75) is 19.3 Å². The number of rotatable bonds is 3. The molecule has 0 aliphatic carbocycles. The molecule has 0 atom stereocenters. The van der Waals surface area contributed by atoms with Crippen LogP contribution in [0.15, 0.2) is 0 Å². The van der Waals surface area contributed by atoms with Crippen molar-refractivity contribution in [3.63, 3.8) is 0 Å². The number of hydrogen-bond acceptors (Lipinski definition) is 3. The molecule has 3 N–H and O–H groups in total. The first-order valence-electron chi connectivity index (χ1n) is 6.52. The van der Waals surface area contributed by atoms with Gasteiger partial charge in [-0.15, -0.1) is 0 Å². The highest BCUT2D eigenvalue weighted by atomic mass is 16.4. The highest BCUT2D eigenvalue weighted by Gasteiger charge is 2.38. The fourth-order valence-electron chi connectivity index (χ4n) is 2.60. The summed E-state index contributed by atoms with van der Waals surface area (Å²) in [4.78, 5) is 36.8. The summed E-state index contributed by atoms with van der Waals surface area (Å²) in [6, 6.07) is -0.0879. The molecule has 2 aliphatic rings. The molecule has 7 nitrogen and oxygen atoms in total. The lowest BCUT2D eigenvalue weighted by molar-refractivity contribution is -0.146. The van der Waals surface area contributed by atoms with Crippen LogP contribution in [0.1, 0.15) is 19.3 Å². The Kier molecular flexibility index (Phi) is 3.92. The lowest BCUT2D eigenvalue weighted by Gasteiger charge is -2.41. The van der Waals surface area contributed by atoms with Crippen molar-refractivity contribution in [2.75, 3.05) is 26.2 Å². The van der Waals surface area contributed by atoms with Crippen LogP contribution in [0.25, 0.3) is 0 Å². The molecule has 2 fully saturated rings. The first-order valence-corrected chi connectivity index (χ1v) is 6.52. The van der Waals surface area contributed by atoms with E-state index in [1.807, 2.05) is 0 Å². The Morgan fingerprint density at radius 2 is 1.68 bits per heavy atom. The van der Waals surface area contributed by atoms with Crippen molar-refractivity contribution in [3.8, 4) is 0 Å². The number of piperidine rings is 1. The number of carboxylic acid groups (broad SMARTS) is 1. The van der Waals surface area contributed by atoms with Gasteiger partial charge in [-0.1, -0.05) is 0 Å². The van der Waals surface area contributed by atoms with E-state index in [4.69, 9.17) is 10.8 Å². The molecule has 0 aromatic rings. The average Bonchev–Trinajstić information content (AvgIpc) is 2.26. The highest BCUT2D eigenvalue weighted by Crippen LogP contribution is 2.23. The van der Waals surface area contributed by atoms with E-state index in [1.54, 1.807) is 9.80 Å². The number of nitrogens with zero attached hydrogens (tertiary/aromatic N) is 2. The molecule has 2 aliphatic heterocycles. The summed E-state index contributed by atoms with van der Waals surface area (Å²) in [6.07, 6.45) is 1.95. The number of aliphatic carboxylic acids is 1. The molecule has 7 heteroatoms. The second-order valence-corrected chi connectivity index (χ2v) is 5.32. The molecule has 0 aromatic carbocycles. The van der Waals surface area contributed by atoms with Gasteiger partial charge in [-0.3, -0.25) is 9.59 Å². The second-order valence-electron chi connectivity index (χ2n) is 5.32. The minimum Gasteiger partial charge on any atom is -0.481 e. The third-order valence-electron chi connectivity index (χ3n) is 3.88. The molecule has 2 rings (SSSR count). The molecule has 2 saturated heterocycles. The number of likely N-dealkylation sites (tertiary alicyclic amines) is 2. The third kappa shape index (κ3) is 3.15. The lowest BCUT2D eigenvalue weighted by Crippen LogP contribution is -2.58. The SMILES string of the molecule is NC(=O)CC1CCN(C(=O)N2CC(C(=O)O)C2)CC1. The Bertz CT molecular complexity index is 384. The van der Waals surface area contributed by atoms with Crippen molar-refractivity contribution < 1.29 is 19.5 Å². The number of carbonyl (C=O) groups is 3. The number of amides is 3. The van der Waals surface area contributed by atoms with E-state index in [9.17, 15) is 14.4 Å². The summed E-state index contributed by atoms with van der Waals surface area (Å²) >= 11 is 0. The monoisotopic (exact) mass is 269 g/mol. The molecule has 0 radical (unpaired) electrons. The summed E-state index contributed by atoms with van der Waals surface area (Å²) in [5, 5.41) is 8.77. The zero-order valence-electron chi connectivity index (χ0n) is 10.7. The van der Waals surface area contributed by atoms with Gasteiger partial charge in [0.2, 0.25) is 5.91 Å². The Labute approximate surface area is 111 Å². The minimum atomic E-state index is -0.843. The average molecular weight is 269 g/mol. The summed E-state index contributed by atoms with van der Waals surface area (Å²) in [7, 11) is 0. The summed E-state index contributed by atoms with van der Waals surface area (Å²) < 4.78 is 0. The van der Waals surface area contributed by atoms with Crippen molar-refractivity contribution >= 4 is 17.9 Å². The maximum atomic E-state index is 12.0. The fraction of sp³-hybridized carbons (Fsp3) is 0.750. The van der Waals surface area contributed by atoms with E-state index in [2.05, 4.69) is 0 Å². The molecule has 0 saturated carbocycles. The normalized spacial score (nSPS) is 21.1. The predicted octanol–water partition coefficient (Wildman–Crippen LogP) is -0.290. The Balaban J connectivity index is 1.74. The van der Waals surface area contributed by atoms with Gasteiger partial charge >= 0.3 is 12.0 Å². The molecular formula is C12H19N3O4. The maximum absolute atomic E-state index is 12.0. The maximum Gasteiger partial charge on any atom is 0.320 e. The fourth-order valence-corrected chi connectivity index (χ4v) is 2.60. The number of carboxylic acids is 1. The molecule has 19 heavy (non-hydrogen) atoms. The van der Waals surface area contributed by atoms with E-state index in [1.165, 1.54) is 0 Å². The highest BCUT2D eigenvalue weighted by molar-refractivity contribution is 5.80. The van der Waals surface area contributed by atoms with Crippen molar-refractivity contribution in [1.82, 2.24) is 9.80 Å². The Morgan fingerprint density at radius 3 is 2.16 bits per heavy atom. The van der Waals surface area contributed by atoms with Gasteiger partial charge in [-0.05, 0) is 18.8 Å². The van der Waals surface area contributed by atoms with Crippen LogP contribution in [0.4, 0.5) is 4.79 Å². The lowest BCUT2D eigenvalue weighted by atomic mass is 9.93. The van der Waals surface area contributed by atoms with Gasteiger partial charge in [0.25, 0.3) is 0 Å². The largest absolute Gasteiger partial charge is 0.481 e. The molecule has 0 aromatic heterocycles. The third-order valence-corrected chi connectivity index (χ3v) is 3.88. The molecule has 2 heterocycles. The standard InChI is InChI=1S/C12H19N3O4/c13-10(16)5-8-1-3-14(4-2-8)12(19)15-6-9(7-15)11(17)18/h8-9H,1-7H2,(H2,13,16)(H,17,18). The Morgan fingerprint density at radius 1 is 1.11 bits per heavy atom. The van der Waals surface area contributed by atoms with Crippen LogP contribution in [0.2, 0.25) is 0 Å². The topological polar surface area (TPSA) is 104 Å². The predicted molar refractivity (Wildman–Crippen MR) is 66.2 cm³/mol. The zero-order valence-corrected chi connectivity index (χ0v) is 10.7. The molecule has 0 unspecified atom stereocenters. The van der Waals surface area contributed by atoms with E-state index in [-0.39, 0.29) is 17.9 Å². The molecule has 106 valence electrons.